The summed E-state index contributed by atoms with van der Waals surface area (Å²) in [5.41, 5.74) is 9.47. The number of rotatable bonds is 2. The fraction of sp³-hybridized carbons (Fsp3) is 0.167. The van der Waals surface area contributed by atoms with Crippen LogP contribution < -0.4 is 5.73 Å². The molecule has 1 nitrogen and oxygen atoms in total. The molecule has 1 aromatic heterocycles. The number of halogens is 1. The first-order valence-electron chi connectivity index (χ1n) is 4.73. The molecule has 0 unspecified atom stereocenters. The molecule has 0 aliphatic rings. The summed E-state index contributed by atoms with van der Waals surface area (Å²) < 4.78 is 0. The highest BCUT2D eigenvalue weighted by Crippen LogP contribution is 2.30. The molecule has 0 aliphatic carbocycles. The van der Waals surface area contributed by atoms with Crippen molar-refractivity contribution in [3.8, 4) is 0 Å². The van der Waals surface area contributed by atoms with Crippen molar-refractivity contribution >= 4 is 22.9 Å². The van der Waals surface area contributed by atoms with Crippen LogP contribution in [0.2, 0.25) is 5.02 Å². The molecular formula is C12H12ClNS. The van der Waals surface area contributed by atoms with Crippen molar-refractivity contribution in [2.75, 3.05) is 0 Å². The van der Waals surface area contributed by atoms with E-state index in [1.165, 1.54) is 0 Å². The standard InChI is InChI=1S/C12H12ClNS/c1-8-3-2-4-10(13)11(8)12(14)9-5-6-15-7-9/h2-7,12H,14H2,1H3/t12-/m0/s1. The van der Waals surface area contributed by atoms with Crippen molar-refractivity contribution < 1.29 is 0 Å². The van der Waals surface area contributed by atoms with E-state index < -0.39 is 0 Å². The van der Waals surface area contributed by atoms with Gasteiger partial charge >= 0.3 is 0 Å². The fourth-order valence-electron chi connectivity index (χ4n) is 1.66. The third-order valence-electron chi connectivity index (χ3n) is 2.48. The highest BCUT2D eigenvalue weighted by Gasteiger charge is 2.14. The maximum atomic E-state index is 6.18. The molecule has 2 rings (SSSR count). The van der Waals surface area contributed by atoms with Gasteiger partial charge < -0.3 is 5.73 Å². The van der Waals surface area contributed by atoms with Gasteiger partial charge in [-0.25, -0.2) is 0 Å². The lowest BCUT2D eigenvalue weighted by atomic mass is 9.98. The third kappa shape index (κ3) is 2.07. The molecule has 1 atom stereocenters. The molecule has 0 radical (unpaired) electrons. The molecule has 0 spiro atoms. The lowest BCUT2D eigenvalue weighted by Gasteiger charge is -2.15. The largest absolute Gasteiger partial charge is 0.320 e. The molecule has 15 heavy (non-hydrogen) atoms. The van der Waals surface area contributed by atoms with Gasteiger partial charge in [0, 0.05) is 5.02 Å². The van der Waals surface area contributed by atoms with E-state index in [-0.39, 0.29) is 6.04 Å². The van der Waals surface area contributed by atoms with Crippen LogP contribution in [-0.4, -0.2) is 0 Å². The van der Waals surface area contributed by atoms with Gasteiger partial charge in [-0.3, -0.25) is 0 Å². The van der Waals surface area contributed by atoms with Gasteiger partial charge in [0.2, 0.25) is 0 Å². The predicted octanol–water partition coefficient (Wildman–Crippen LogP) is 3.76. The van der Waals surface area contributed by atoms with Crippen LogP contribution in [0, 0.1) is 6.92 Å². The Hall–Kier alpha value is -0.830. The second-order valence-electron chi connectivity index (χ2n) is 3.50. The van der Waals surface area contributed by atoms with Crippen LogP contribution in [0.15, 0.2) is 35.0 Å². The first kappa shape index (κ1) is 10.7. The highest BCUT2D eigenvalue weighted by atomic mass is 35.5. The summed E-state index contributed by atoms with van der Waals surface area (Å²) in [5, 5.41) is 4.84. The van der Waals surface area contributed by atoms with Gasteiger partial charge in [0.05, 0.1) is 6.04 Å². The molecule has 0 bridgehead atoms. The first-order chi connectivity index (χ1) is 7.20. The summed E-state index contributed by atoms with van der Waals surface area (Å²) in [7, 11) is 0. The fourth-order valence-corrected chi connectivity index (χ4v) is 2.69. The molecule has 3 heteroatoms. The summed E-state index contributed by atoms with van der Waals surface area (Å²) in [6, 6.07) is 7.79. The number of thiophene rings is 1. The maximum absolute atomic E-state index is 6.18. The molecule has 1 heterocycles. The van der Waals surface area contributed by atoms with E-state index in [0.717, 1.165) is 21.7 Å². The van der Waals surface area contributed by atoms with Crippen molar-refractivity contribution in [3.63, 3.8) is 0 Å². The topological polar surface area (TPSA) is 26.0 Å². The van der Waals surface area contributed by atoms with Gasteiger partial charge in [0.25, 0.3) is 0 Å². The molecular weight excluding hydrogens is 226 g/mol. The van der Waals surface area contributed by atoms with E-state index in [1.54, 1.807) is 11.3 Å². The number of aryl methyl sites for hydroxylation is 1. The Morgan fingerprint density at radius 2 is 2.13 bits per heavy atom. The lowest BCUT2D eigenvalue weighted by Crippen LogP contribution is -2.12. The first-order valence-corrected chi connectivity index (χ1v) is 6.05. The average molecular weight is 238 g/mol. The second-order valence-corrected chi connectivity index (χ2v) is 4.69. The van der Waals surface area contributed by atoms with E-state index in [1.807, 2.05) is 36.6 Å². The zero-order valence-corrected chi connectivity index (χ0v) is 9.98. The Balaban J connectivity index is 2.46. The molecule has 0 fully saturated rings. The van der Waals surface area contributed by atoms with Crippen LogP contribution in [0.25, 0.3) is 0 Å². The molecule has 0 saturated heterocycles. The maximum Gasteiger partial charge on any atom is 0.0577 e. The summed E-state index contributed by atoms with van der Waals surface area (Å²) in [5.74, 6) is 0. The normalized spacial score (nSPS) is 12.7. The van der Waals surface area contributed by atoms with Crippen LogP contribution in [-0.2, 0) is 0 Å². The van der Waals surface area contributed by atoms with Crippen molar-refractivity contribution in [1.29, 1.82) is 0 Å². The van der Waals surface area contributed by atoms with Crippen molar-refractivity contribution in [3.05, 3.63) is 56.7 Å². The summed E-state index contributed by atoms with van der Waals surface area (Å²) >= 11 is 7.82. The van der Waals surface area contributed by atoms with Crippen molar-refractivity contribution in [1.82, 2.24) is 0 Å². The predicted molar refractivity (Wildman–Crippen MR) is 66.5 cm³/mol. The summed E-state index contributed by atoms with van der Waals surface area (Å²) in [6.45, 7) is 2.04. The lowest BCUT2D eigenvalue weighted by molar-refractivity contribution is 0.867. The van der Waals surface area contributed by atoms with Gasteiger partial charge in [-0.15, -0.1) is 0 Å². The summed E-state index contributed by atoms with van der Waals surface area (Å²) in [4.78, 5) is 0. The zero-order valence-electron chi connectivity index (χ0n) is 8.41. The minimum Gasteiger partial charge on any atom is -0.320 e. The van der Waals surface area contributed by atoms with Crippen LogP contribution >= 0.6 is 22.9 Å². The van der Waals surface area contributed by atoms with E-state index in [2.05, 4.69) is 5.38 Å². The number of hydrogen-bond acceptors (Lipinski definition) is 2. The van der Waals surface area contributed by atoms with Crippen LogP contribution in [0.5, 0.6) is 0 Å². The van der Waals surface area contributed by atoms with Crippen molar-refractivity contribution in [2.45, 2.75) is 13.0 Å². The molecule has 0 amide bonds. The minimum atomic E-state index is -0.120. The van der Waals surface area contributed by atoms with E-state index in [0.29, 0.717) is 0 Å². The third-order valence-corrected chi connectivity index (χ3v) is 3.52. The van der Waals surface area contributed by atoms with Gasteiger partial charge in [0.15, 0.2) is 0 Å². The van der Waals surface area contributed by atoms with E-state index >= 15 is 0 Å². The molecule has 0 saturated carbocycles. The van der Waals surface area contributed by atoms with Gasteiger partial charge in [0.1, 0.15) is 0 Å². The Labute approximate surface area is 98.5 Å². The monoisotopic (exact) mass is 237 g/mol. The molecule has 1 aromatic carbocycles. The Bertz CT molecular complexity index is 430. The highest BCUT2D eigenvalue weighted by molar-refractivity contribution is 7.08. The van der Waals surface area contributed by atoms with E-state index in [4.69, 9.17) is 17.3 Å². The minimum absolute atomic E-state index is 0.120. The van der Waals surface area contributed by atoms with Gasteiger partial charge in [-0.05, 0) is 46.5 Å². The zero-order chi connectivity index (χ0) is 10.8. The van der Waals surface area contributed by atoms with Crippen molar-refractivity contribution in [2.24, 2.45) is 5.73 Å². The number of hydrogen-bond donors (Lipinski definition) is 1. The average Bonchev–Trinajstić information content (AvgIpc) is 2.69. The van der Waals surface area contributed by atoms with Crippen LogP contribution in [0.1, 0.15) is 22.7 Å². The molecule has 2 aromatic rings. The van der Waals surface area contributed by atoms with E-state index in [9.17, 15) is 0 Å². The van der Waals surface area contributed by atoms with Gasteiger partial charge in [-0.1, -0.05) is 23.7 Å². The number of nitrogens with two attached hydrogens (primary N) is 1. The van der Waals surface area contributed by atoms with Crippen LogP contribution in [0.4, 0.5) is 0 Å². The molecule has 0 aliphatic heterocycles. The van der Waals surface area contributed by atoms with Crippen LogP contribution in [0.3, 0.4) is 0 Å². The Morgan fingerprint density at radius 1 is 1.33 bits per heavy atom. The Kier molecular flexibility index (Phi) is 3.10. The SMILES string of the molecule is Cc1cccc(Cl)c1[C@@H](N)c1ccsc1. The number of benzene rings is 1. The molecule has 78 valence electrons. The second kappa shape index (κ2) is 4.35. The van der Waals surface area contributed by atoms with Gasteiger partial charge in [-0.2, -0.15) is 11.3 Å². The quantitative estimate of drug-likeness (QED) is 0.846. The molecule has 2 N–H and O–H groups in total. The Morgan fingerprint density at radius 3 is 2.73 bits per heavy atom. The summed E-state index contributed by atoms with van der Waals surface area (Å²) in [6.07, 6.45) is 0. The smallest absolute Gasteiger partial charge is 0.0577 e.